The Kier molecular flexibility index (Phi) is 6.26. The highest BCUT2D eigenvalue weighted by Gasteiger charge is 2.77. The predicted molar refractivity (Wildman–Crippen MR) is 111 cm³/mol. The van der Waals surface area contributed by atoms with Crippen molar-refractivity contribution in [3.8, 4) is 0 Å². The summed E-state index contributed by atoms with van der Waals surface area (Å²) in [7, 11) is 0. The lowest BCUT2D eigenvalue weighted by Crippen LogP contribution is -2.57. The molecule has 3 aliphatic heterocycles. The number of aliphatic hydroxyl groups is 1. The van der Waals surface area contributed by atoms with E-state index < -0.39 is 33.4 Å². The normalized spacial score (nSPS) is 37.4. The molecule has 7 nitrogen and oxygen atoms in total. The Balaban J connectivity index is 2.02. The quantitative estimate of drug-likeness (QED) is 0.574. The molecule has 3 aliphatic rings. The number of hydrogen-bond donors (Lipinski definition) is 2. The number of rotatable bonds is 8. The number of likely N-dealkylation sites (tertiary alicyclic amines) is 1. The van der Waals surface area contributed by atoms with E-state index in [1.54, 1.807) is 30.5 Å². The zero-order chi connectivity index (χ0) is 21.6. The number of hydrogen-bond acceptors (Lipinski definition) is 6. The number of nitrogens with zero attached hydrogens (tertiary/aromatic N) is 1. The minimum atomic E-state index is -0.687. The molecule has 0 aliphatic carbocycles. The van der Waals surface area contributed by atoms with Crippen LogP contribution in [-0.4, -0.2) is 68.6 Å². The van der Waals surface area contributed by atoms with Gasteiger partial charge in [-0.05, 0) is 47.0 Å². The lowest BCUT2D eigenvalue weighted by molar-refractivity contribution is -0.155. The highest BCUT2D eigenvalue weighted by Crippen LogP contribution is 2.71. The third-order valence-electron chi connectivity index (χ3n) is 6.85. The van der Waals surface area contributed by atoms with Gasteiger partial charge in [-0.3, -0.25) is 14.4 Å². The zero-order valence-electron chi connectivity index (χ0n) is 18.1. The van der Waals surface area contributed by atoms with Crippen LogP contribution in [0.25, 0.3) is 0 Å². The predicted octanol–water partition coefficient (Wildman–Crippen LogP) is 1.72. The van der Waals surface area contributed by atoms with Gasteiger partial charge in [0, 0.05) is 10.8 Å². The second-order valence-electron chi connectivity index (χ2n) is 8.96. The average molecular weight is 427 g/mol. The molecule has 164 valence electrons. The molecule has 2 N–H and O–H groups in total. The average Bonchev–Trinajstić information content (AvgIpc) is 3.22. The molecule has 3 saturated heterocycles. The third kappa shape index (κ3) is 3.36. The first-order valence-electron chi connectivity index (χ1n) is 10.8. The molecule has 3 unspecified atom stereocenters. The Morgan fingerprint density at radius 2 is 2.03 bits per heavy atom. The fourth-order valence-electron chi connectivity index (χ4n) is 5.64. The van der Waals surface area contributed by atoms with Crippen molar-refractivity contribution < 1.29 is 24.2 Å². The largest absolute Gasteiger partial charge is 0.466 e. The van der Waals surface area contributed by atoms with Gasteiger partial charge in [-0.2, -0.15) is 0 Å². The molecule has 0 aromatic rings. The van der Waals surface area contributed by atoms with Crippen molar-refractivity contribution in [3.05, 3.63) is 0 Å². The number of thioether (sulfide) groups is 1. The number of carbonyl (C=O) groups excluding carboxylic acids is 3. The first-order chi connectivity index (χ1) is 13.7. The molecule has 0 radical (unpaired) electrons. The monoisotopic (exact) mass is 426 g/mol. The second-order valence-corrected chi connectivity index (χ2v) is 10.9. The summed E-state index contributed by atoms with van der Waals surface area (Å²) in [5.74, 6) is -1.88. The molecule has 0 aromatic carbocycles. The Morgan fingerprint density at radius 1 is 1.34 bits per heavy atom. The van der Waals surface area contributed by atoms with Crippen LogP contribution in [-0.2, 0) is 19.1 Å². The van der Waals surface area contributed by atoms with Crippen LogP contribution in [0.4, 0.5) is 0 Å². The number of aliphatic hydroxyl groups excluding tert-OH is 1. The summed E-state index contributed by atoms with van der Waals surface area (Å²) in [5, 5.41) is 12.9. The van der Waals surface area contributed by atoms with Gasteiger partial charge in [0.1, 0.15) is 6.04 Å². The van der Waals surface area contributed by atoms with E-state index in [0.29, 0.717) is 6.42 Å². The van der Waals surface area contributed by atoms with Crippen molar-refractivity contribution in [2.75, 3.05) is 13.2 Å². The molecule has 0 saturated carbocycles. The smallest absolute Gasteiger partial charge is 0.311 e. The summed E-state index contributed by atoms with van der Waals surface area (Å²) in [6.07, 6.45) is 3.28. The van der Waals surface area contributed by atoms with Gasteiger partial charge < -0.3 is 20.1 Å². The molecule has 2 amide bonds. The van der Waals surface area contributed by atoms with E-state index in [9.17, 15) is 19.5 Å². The van der Waals surface area contributed by atoms with E-state index in [-0.39, 0.29) is 37.0 Å². The minimum absolute atomic E-state index is 0.00405. The number of esters is 1. The molecule has 0 aromatic heterocycles. The third-order valence-corrected chi connectivity index (χ3v) is 8.84. The molecular formula is C21H34N2O5S. The van der Waals surface area contributed by atoms with E-state index >= 15 is 0 Å². The van der Waals surface area contributed by atoms with E-state index in [2.05, 4.69) is 12.2 Å². The van der Waals surface area contributed by atoms with Crippen molar-refractivity contribution in [3.63, 3.8) is 0 Å². The standard InChI is InChI=1S/C21H34N2O5S/c1-6-8-12(3)22-17(25)16-21-10-9-20(5,29-21)15(19(27)28-7-2)14(21)18(26)23(16)13(4)11-24/h12-16,24H,6-11H2,1-5H3,(H,22,25)/t12?,13-,14+,15-,16?,20+,21?/m1/s1. The van der Waals surface area contributed by atoms with Crippen LogP contribution in [0.2, 0.25) is 0 Å². The Labute approximate surface area is 177 Å². The molecule has 8 heteroatoms. The van der Waals surface area contributed by atoms with Gasteiger partial charge in [0.2, 0.25) is 11.8 Å². The molecule has 2 bridgehead atoms. The molecule has 29 heavy (non-hydrogen) atoms. The molecule has 7 atom stereocenters. The fraction of sp³-hybridized carbons (Fsp3) is 0.857. The number of fused-ring (bicyclic) bond motifs is 1. The highest BCUT2D eigenvalue weighted by atomic mass is 32.2. The van der Waals surface area contributed by atoms with Gasteiger partial charge in [0.15, 0.2) is 0 Å². The zero-order valence-corrected chi connectivity index (χ0v) is 18.9. The summed E-state index contributed by atoms with van der Waals surface area (Å²) in [5.41, 5.74) is 0. The van der Waals surface area contributed by atoms with Crippen LogP contribution >= 0.6 is 11.8 Å². The van der Waals surface area contributed by atoms with Crippen LogP contribution in [0.15, 0.2) is 0 Å². The van der Waals surface area contributed by atoms with E-state index in [0.717, 1.165) is 19.3 Å². The first-order valence-corrected chi connectivity index (χ1v) is 11.6. The highest BCUT2D eigenvalue weighted by molar-refractivity contribution is 8.02. The maximum absolute atomic E-state index is 13.6. The maximum Gasteiger partial charge on any atom is 0.311 e. The van der Waals surface area contributed by atoms with Crippen molar-refractivity contribution >= 4 is 29.5 Å². The lowest BCUT2D eigenvalue weighted by atomic mass is 9.66. The fourth-order valence-corrected chi connectivity index (χ4v) is 7.97. The number of ether oxygens (including phenoxy) is 1. The minimum Gasteiger partial charge on any atom is -0.466 e. The van der Waals surface area contributed by atoms with Crippen molar-refractivity contribution in [1.82, 2.24) is 10.2 Å². The van der Waals surface area contributed by atoms with Crippen LogP contribution < -0.4 is 5.32 Å². The van der Waals surface area contributed by atoms with Gasteiger partial charge in [-0.1, -0.05) is 13.3 Å². The van der Waals surface area contributed by atoms with Crippen LogP contribution in [0.1, 0.15) is 60.3 Å². The van der Waals surface area contributed by atoms with Crippen molar-refractivity contribution in [2.24, 2.45) is 11.8 Å². The number of nitrogens with one attached hydrogen (secondary N) is 1. The van der Waals surface area contributed by atoms with Crippen molar-refractivity contribution in [1.29, 1.82) is 0 Å². The number of amides is 2. The van der Waals surface area contributed by atoms with Crippen molar-refractivity contribution in [2.45, 2.75) is 87.9 Å². The van der Waals surface area contributed by atoms with Gasteiger partial charge >= 0.3 is 5.97 Å². The lowest BCUT2D eigenvalue weighted by Gasteiger charge is -2.36. The summed E-state index contributed by atoms with van der Waals surface area (Å²) >= 11 is 1.62. The van der Waals surface area contributed by atoms with Gasteiger partial charge in [-0.15, -0.1) is 11.8 Å². The van der Waals surface area contributed by atoms with Gasteiger partial charge in [0.05, 0.1) is 35.8 Å². The van der Waals surface area contributed by atoms with Gasteiger partial charge in [-0.25, -0.2) is 0 Å². The second kappa shape index (κ2) is 8.10. The SMILES string of the molecule is CCCC(C)NC(=O)C1N([C@H](C)CO)C(=O)[C@@H]2[C@H](C(=O)OCC)[C@]3(C)CCC12S3. The topological polar surface area (TPSA) is 95.9 Å². The Bertz CT molecular complexity index is 688. The summed E-state index contributed by atoms with van der Waals surface area (Å²) in [6, 6.07) is -1.17. The molecule has 3 heterocycles. The maximum atomic E-state index is 13.6. The summed E-state index contributed by atoms with van der Waals surface area (Å²) < 4.78 is 4.28. The molecular weight excluding hydrogens is 392 g/mol. The molecule has 3 fully saturated rings. The Hall–Kier alpha value is -1.28. The molecule has 1 spiro atoms. The first kappa shape index (κ1) is 22.4. The summed E-state index contributed by atoms with van der Waals surface area (Å²) in [6.45, 7) is 9.61. The van der Waals surface area contributed by atoms with E-state index in [1.165, 1.54) is 0 Å². The van der Waals surface area contributed by atoms with Crippen LogP contribution in [0.5, 0.6) is 0 Å². The van der Waals surface area contributed by atoms with Crippen LogP contribution in [0.3, 0.4) is 0 Å². The van der Waals surface area contributed by atoms with E-state index in [4.69, 9.17) is 4.74 Å². The van der Waals surface area contributed by atoms with Crippen LogP contribution in [0, 0.1) is 11.8 Å². The summed E-state index contributed by atoms with van der Waals surface area (Å²) in [4.78, 5) is 41.4. The number of carbonyl (C=O) groups is 3. The van der Waals surface area contributed by atoms with E-state index in [1.807, 2.05) is 13.8 Å². The van der Waals surface area contributed by atoms with Gasteiger partial charge in [0.25, 0.3) is 0 Å². The molecule has 3 rings (SSSR count). The Morgan fingerprint density at radius 3 is 2.62 bits per heavy atom.